The quantitative estimate of drug-likeness (QED) is 0.330. The second kappa shape index (κ2) is 13.4. The second-order valence-corrected chi connectivity index (χ2v) is 9.54. The molecule has 0 aliphatic rings. The molecular formula is C28H33FN6O5. The average molecular weight is 553 g/mol. The van der Waals surface area contributed by atoms with E-state index in [4.69, 9.17) is 0 Å². The van der Waals surface area contributed by atoms with Gasteiger partial charge in [0.25, 0.3) is 5.56 Å². The molecule has 0 saturated carbocycles. The highest BCUT2D eigenvalue weighted by Gasteiger charge is 2.22. The molecular weight excluding hydrogens is 519 g/mol. The fourth-order valence-electron chi connectivity index (χ4n) is 3.86. The third kappa shape index (κ3) is 7.65. The number of likely N-dealkylation sites (N-methyl/N-ethyl adjacent to an activating group) is 1. The molecule has 3 amide bonds. The first kappa shape index (κ1) is 29.8. The zero-order valence-electron chi connectivity index (χ0n) is 23.1. The molecule has 12 heteroatoms. The number of carbonyl (C=O) groups excluding carboxylic acids is 3. The van der Waals surface area contributed by atoms with Crippen LogP contribution in [0.2, 0.25) is 0 Å². The van der Waals surface area contributed by atoms with Crippen molar-refractivity contribution in [3.8, 4) is 0 Å². The van der Waals surface area contributed by atoms with E-state index in [-0.39, 0.29) is 24.6 Å². The van der Waals surface area contributed by atoms with Gasteiger partial charge >= 0.3 is 6.09 Å². The number of aromatic nitrogens is 3. The molecule has 3 heterocycles. The summed E-state index contributed by atoms with van der Waals surface area (Å²) >= 11 is 0. The molecule has 1 unspecified atom stereocenters. The van der Waals surface area contributed by atoms with Gasteiger partial charge in [0.1, 0.15) is 11.7 Å². The van der Waals surface area contributed by atoms with Crippen LogP contribution < -0.4 is 16.2 Å². The summed E-state index contributed by atoms with van der Waals surface area (Å²) in [6.07, 6.45) is 7.16. The molecule has 3 N–H and O–H groups in total. The van der Waals surface area contributed by atoms with Crippen LogP contribution in [-0.2, 0) is 20.9 Å². The lowest BCUT2D eigenvalue weighted by molar-refractivity contribution is -0.123. The number of H-pyrrole nitrogens is 1. The molecule has 3 aromatic heterocycles. The molecule has 1 atom stereocenters. The van der Waals surface area contributed by atoms with Crippen molar-refractivity contribution in [1.82, 2.24) is 24.8 Å². The molecule has 0 radical (unpaired) electrons. The maximum atomic E-state index is 14.4. The number of nitrogens with one attached hydrogen (secondary N) is 3. The molecule has 0 bridgehead atoms. The smallest absolute Gasteiger partial charge is 0.407 e. The summed E-state index contributed by atoms with van der Waals surface area (Å²) in [7, 11) is 4.40. The Kier molecular flexibility index (Phi) is 9.96. The maximum absolute atomic E-state index is 14.4. The molecule has 0 aliphatic heterocycles. The van der Waals surface area contributed by atoms with E-state index in [2.05, 4.69) is 25.3 Å². The summed E-state index contributed by atoms with van der Waals surface area (Å²) in [4.78, 5) is 58.4. The molecule has 3 aromatic rings. The lowest BCUT2D eigenvalue weighted by Gasteiger charge is -2.17. The van der Waals surface area contributed by atoms with Crippen molar-refractivity contribution in [1.29, 1.82) is 0 Å². The number of methoxy groups -OCH3 is 1. The van der Waals surface area contributed by atoms with Crippen LogP contribution in [0.25, 0.3) is 17.0 Å². The first-order valence-corrected chi connectivity index (χ1v) is 12.5. The number of allylic oxidation sites excluding steroid dienone is 2. The van der Waals surface area contributed by atoms with Crippen molar-refractivity contribution >= 4 is 40.6 Å². The fraction of sp³-hybridized carbons (Fsp3) is 0.321. The van der Waals surface area contributed by atoms with Gasteiger partial charge in [-0.2, -0.15) is 0 Å². The van der Waals surface area contributed by atoms with E-state index in [1.165, 1.54) is 28.7 Å². The van der Waals surface area contributed by atoms with Gasteiger partial charge in [-0.15, -0.1) is 0 Å². The molecule has 0 aromatic carbocycles. The number of hydrogen-bond acceptors (Lipinski definition) is 6. The second-order valence-electron chi connectivity index (χ2n) is 9.54. The Labute approximate surface area is 230 Å². The Hall–Kier alpha value is -4.74. The maximum Gasteiger partial charge on any atom is 0.407 e. The largest absolute Gasteiger partial charge is 0.453 e. The standard InChI is InChI=1S/C28H33FN6O5/c1-17(2)13-23-25-19(20(29)15-30-23)14-18(31-25)16-35-12-8-10-22(27(35)38)32-26(37)21(33-28(39)40-5)9-6-7-11-24(36)34(3)4/h7-8,10-15,21,31H,6,9,16H2,1-5H3,(H,32,37)(H,33,39)/b11-7+. The van der Waals surface area contributed by atoms with Crippen LogP contribution in [0.3, 0.4) is 0 Å². The van der Waals surface area contributed by atoms with E-state index >= 15 is 0 Å². The van der Waals surface area contributed by atoms with Crippen molar-refractivity contribution in [2.75, 3.05) is 26.5 Å². The Balaban J connectivity index is 1.80. The van der Waals surface area contributed by atoms with Crippen molar-refractivity contribution in [3.05, 3.63) is 75.9 Å². The normalized spacial score (nSPS) is 11.8. The number of fused-ring (bicyclic) bond motifs is 1. The minimum absolute atomic E-state index is 0.00307. The topological polar surface area (TPSA) is 138 Å². The average Bonchev–Trinajstić information content (AvgIpc) is 3.34. The predicted molar refractivity (Wildman–Crippen MR) is 150 cm³/mol. The van der Waals surface area contributed by atoms with E-state index in [0.29, 0.717) is 28.7 Å². The van der Waals surface area contributed by atoms with Crippen LogP contribution in [0.4, 0.5) is 14.9 Å². The Bertz CT molecular complexity index is 1520. The van der Waals surface area contributed by atoms with Gasteiger partial charge in [0.2, 0.25) is 11.8 Å². The number of ether oxygens (including phenoxy) is 1. The number of anilines is 1. The van der Waals surface area contributed by atoms with Crippen molar-refractivity contribution in [3.63, 3.8) is 0 Å². The Morgan fingerprint density at radius 1 is 1.27 bits per heavy atom. The number of rotatable bonds is 10. The Morgan fingerprint density at radius 2 is 2.02 bits per heavy atom. The molecule has 0 spiro atoms. The van der Waals surface area contributed by atoms with Gasteiger partial charge in [-0.3, -0.25) is 19.4 Å². The van der Waals surface area contributed by atoms with Gasteiger partial charge in [-0.1, -0.05) is 11.6 Å². The summed E-state index contributed by atoms with van der Waals surface area (Å²) in [6.45, 7) is 3.90. The molecule has 0 fully saturated rings. The molecule has 0 saturated heterocycles. The number of amides is 3. The summed E-state index contributed by atoms with van der Waals surface area (Å²) in [6, 6.07) is 3.63. The van der Waals surface area contributed by atoms with E-state index < -0.39 is 29.4 Å². The number of pyridine rings is 2. The molecule has 3 rings (SSSR count). The minimum atomic E-state index is -1.03. The van der Waals surface area contributed by atoms with Gasteiger partial charge in [-0.25, -0.2) is 9.18 Å². The van der Waals surface area contributed by atoms with Crippen molar-refractivity contribution in [2.45, 2.75) is 39.3 Å². The Morgan fingerprint density at radius 3 is 2.70 bits per heavy atom. The van der Waals surface area contributed by atoms with E-state index in [9.17, 15) is 23.6 Å². The third-order valence-corrected chi connectivity index (χ3v) is 5.87. The van der Waals surface area contributed by atoms with E-state index in [1.54, 1.807) is 38.5 Å². The number of aromatic amines is 1. The van der Waals surface area contributed by atoms with Crippen molar-refractivity contribution < 1.29 is 23.5 Å². The molecule has 40 heavy (non-hydrogen) atoms. The number of halogens is 1. The summed E-state index contributed by atoms with van der Waals surface area (Å²) < 4.78 is 20.4. The van der Waals surface area contributed by atoms with Crippen LogP contribution in [0.15, 0.2) is 53.1 Å². The molecule has 11 nitrogen and oxygen atoms in total. The van der Waals surface area contributed by atoms with Gasteiger partial charge in [0.05, 0.1) is 31.1 Å². The van der Waals surface area contributed by atoms with Crippen molar-refractivity contribution in [2.24, 2.45) is 0 Å². The highest BCUT2D eigenvalue weighted by molar-refractivity contribution is 5.96. The number of alkyl carbamates (subject to hydrolysis) is 1. The molecule has 212 valence electrons. The van der Waals surface area contributed by atoms with Gasteiger partial charge in [0, 0.05) is 31.4 Å². The zero-order valence-corrected chi connectivity index (χ0v) is 23.1. The SMILES string of the molecule is COC(=O)NC(CC/C=C/C(=O)N(C)C)C(=O)Nc1cccn(Cc2cc3c(F)cnc(C=C(C)C)c3[nH]2)c1=O. The number of nitrogens with zero attached hydrogens (tertiary/aromatic N) is 3. The summed E-state index contributed by atoms with van der Waals surface area (Å²) in [5.41, 5.74) is 2.17. The number of hydrogen-bond donors (Lipinski definition) is 3. The fourth-order valence-corrected chi connectivity index (χ4v) is 3.86. The summed E-state index contributed by atoms with van der Waals surface area (Å²) in [5, 5.41) is 5.37. The van der Waals surface area contributed by atoms with Crippen LogP contribution >= 0.6 is 0 Å². The van der Waals surface area contributed by atoms with Crippen LogP contribution in [0.1, 0.15) is 38.1 Å². The first-order valence-electron chi connectivity index (χ1n) is 12.5. The van der Waals surface area contributed by atoms with Crippen LogP contribution in [0.5, 0.6) is 0 Å². The number of carbonyl (C=O) groups is 3. The van der Waals surface area contributed by atoms with Crippen LogP contribution in [0, 0.1) is 5.82 Å². The highest BCUT2D eigenvalue weighted by Crippen LogP contribution is 2.23. The zero-order chi connectivity index (χ0) is 29.4. The van der Waals surface area contributed by atoms with E-state index in [1.807, 2.05) is 19.9 Å². The van der Waals surface area contributed by atoms with Gasteiger partial charge in [0.15, 0.2) is 5.82 Å². The third-order valence-electron chi connectivity index (χ3n) is 5.87. The lowest BCUT2D eigenvalue weighted by atomic mass is 10.1. The molecule has 0 aliphatic carbocycles. The highest BCUT2D eigenvalue weighted by atomic mass is 19.1. The van der Waals surface area contributed by atoms with Gasteiger partial charge < -0.3 is 29.8 Å². The lowest BCUT2D eigenvalue weighted by Crippen LogP contribution is -2.44. The monoisotopic (exact) mass is 552 g/mol. The summed E-state index contributed by atoms with van der Waals surface area (Å²) in [5.74, 6) is -1.33. The van der Waals surface area contributed by atoms with Gasteiger partial charge in [-0.05, 0) is 57.0 Å². The minimum Gasteiger partial charge on any atom is -0.453 e. The predicted octanol–water partition coefficient (Wildman–Crippen LogP) is 3.42. The van der Waals surface area contributed by atoms with Crippen LogP contribution in [-0.4, -0.2) is 64.6 Å². The first-order chi connectivity index (χ1) is 19.0. The van der Waals surface area contributed by atoms with E-state index in [0.717, 1.165) is 11.8 Å².